The Labute approximate surface area is 184 Å². The van der Waals surface area contributed by atoms with E-state index in [1.807, 2.05) is 17.0 Å². The van der Waals surface area contributed by atoms with Crippen molar-refractivity contribution in [1.82, 2.24) is 4.31 Å². The molecular weight excluding hydrogens is 457 g/mol. The number of amidine groups is 2. The summed E-state index contributed by atoms with van der Waals surface area (Å²) in [7, 11) is -1.12. The van der Waals surface area contributed by atoms with Crippen LogP contribution < -0.4 is 10.6 Å². The fourth-order valence-corrected chi connectivity index (χ4v) is 3.86. The largest absolute Gasteiger partial charge is 0.385 e. The number of aliphatic imine (C=N–C) groups is 1. The number of rotatable bonds is 5. The average molecular weight is 475 g/mol. The molecule has 0 saturated heterocycles. The van der Waals surface area contributed by atoms with Gasteiger partial charge in [-0.2, -0.15) is 12.7 Å². The van der Waals surface area contributed by atoms with Gasteiger partial charge in [0.05, 0.1) is 11.6 Å². The first-order chi connectivity index (χ1) is 13.6. The van der Waals surface area contributed by atoms with Gasteiger partial charge in [-0.05, 0) is 42.5 Å². The lowest BCUT2D eigenvalue weighted by atomic mass is 10.1. The van der Waals surface area contributed by atoms with E-state index in [9.17, 15) is 8.42 Å². The maximum atomic E-state index is 12.1. The molecule has 0 bridgehead atoms. The number of hydrogen-bond acceptors (Lipinski definition) is 4. The lowest BCUT2D eigenvalue weighted by Crippen LogP contribution is -2.36. The van der Waals surface area contributed by atoms with Crippen LogP contribution in [0.2, 0.25) is 15.1 Å². The van der Waals surface area contributed by atoms with Crippen molar-refractivity contribution in [2.75, 3.05) is 25.5 Å². The highest BCUT2D eigenvalue weighted by Gasteiger charge is 2.31. The number of anilines is 1. The Morgan fingerprint density at radius 2 is 1.76 bits per heavy atom. The van der Waals surface area contributed by atoms with Crippen LogP contribution in [0.4, 0.5) is 5.69 Å². The van der Waals surface area contributed by atoms with Gasteiger partial charge in [-0.3, -0.25) is 4.99 Å². The molecule has 0 saturated carbocycles. The summed E-state index contributed by atoms with van der Waals surface area (Å²) in [5.74, 6) is 0.414. The lowest BCUT2D eigenvalue weighted by molar-refractivity contribution is 0.522. The normalized spacial score (nSPS) is 17.7. The molecule has 2 aromatic carbocycles. The van der Waals surface area contributed by atoms with Gasteiger partial charge >= 0.3 is 10.2 Å². The maximum Gasteiger partial charge on any atom is 0.323 e. The molecule has 2 N–H and O–H groups in total. The monoisotopic (exact) mass is 473 g/mol. The molecule has 0 amide bonds. The fraction of sp³-hybridized carbons (Fsp3) is 0.222. The van der Waals surface area contributed by atoms with E-state index in [1.54, 1.807) is 30.3 Å². The van der Waals surface area contributed by atoms with Crippen LogP contribution in [-0.2, 0) is 10.2 Å². The van der Waals surface area contributed by atoms with Gasteiger partial charge in [0.15, 0.2) is 0 Å². The fourth-order valence-electron chi connectivity index (χ4n) is 2.69. The van der Waals surface area contributed by atoms with Gasteiger partial charge in [-0.25, -0.2) is 0 Å². The van der Waals surface area contributed by atoms with Crippen LogP contribution in [0.5, 0.6) is 0 Å². The molecule has 2 aromatic rings. The van der Waals surface area contributed by atoms with Crippen LogP contribution in [0.3, 0.4) is 0 Å². The molecule has 1 aliphatic rings. The molecule has 1 unspecified atom stereocenters. The van der Waals surface area contributed by atoms with Crippen LogP contribution in [0.15, 0.2) is 51.9 Å². The Hall–Kier alpha value is -1.84. The molecule has 0 spiro atoms. The Morgan fingerprint density at radius 1 is 1.14 bits per heavy atom. The van der Waals surface area contributed by atoms with Gasteiger partial charge in [0, 0.05) is 35.4 Å². The standard InChI is InChI=1S/C18H18Cl3N5O2S/c1-25(2)29(27,28)24-17(22)16-10-26(13-6-3-11(19)4-7-13)18(23-16)14-8-5-12(20)9-15(14)21/h3-9,16H,10H2,1-2H3,(H2,22,24). The Morgan fingerprint density at radius 3 is 2.34 bits per heavy atom. The second kappa shape index (κ2) is 8.49. The van der Waals surface area contributed by atoms with Crippen LogP contribution in [0, 0.1) is 0 Å². The lowest BCUT2D eigenvalue weighted by Gasteiger charge is -2.22. The van der Waals surface area contributed by atoms with Crippen molar-refractivity contribution in [2.45, 2.75) is 6.04 Å². The molecule has 0 aliphatic carbocycles. The number of halogens is 3. The Kier molecular flexibility index (Phi) is 6.40. The minimum atomic E-state index is -3.87. The van der Waals surface area contributed by atoms with E-state index in [0.717, 1.165) is 9.99 Å². The van der Waals surface area contributed by atoms with Gasteiger partial charge in [-0.15, -0.1) is 4.40 Å². The summed E-state index contributed by atoms with van der Waals surface area (Å²) in [5.41, 5.74) is 7.44. The highest BCUT2D eigenvalue weighted by atomic mass is 35.5. The second-order valence-corrected chi connectivity index (χ2v) is 9.54. The van der Waals surface area contributed by atoms with Gasteiger partial charge in [0.1, 0.15) is 17.7 Å². The topological polar surface area (TPSA) is 91.4 Å². The van der Waals surface area contributed by atoms with E-state index < -0.39 is 16.3 Å². The molecule has 29 heavy (non-hydrogen) atoms. The third kappa shape index (κ3) is 4.84. The van der Waals surface area contributed by atoms with Gasteiger partial charge < -0.3 is 10.6 Å². The average Bonchev–Trinajstić information content (AvgIpc) is 3.07. The summed E-state index contributed by atoms with van der Waals surface area (Å²) in [4.78, 5) is 6.49. The first-order valence-electron chi connectivity index (χ1n) is 8.42. The van der Waals surface area contributed by atoms with Crippen molar-refractivity contribution < 1.29 is 8.42 Å². The molecule has 0 radical (unpaired) electrons. The number of benzene rings is 2. The first-order valence-corrected chi connectivity index (χ1v) is 11.0. The first kappa shape index (κ1) is 21.9. The Balaban J connectivity index is 2.06. The van der Waals surface area contributed by atoms with Crippen molar-refractivity contribution in [1.29, 1.82) is 0 Å². The maximum absolute atomic E-state index is 12.1. The van der Waals surface area contributed by atoms with E-state index in [1.165, 1.54) is 14.1 Å². The quantitative estimate of drug-likeness (QED) is 0.531. The van der Waals surface area contributed by atoms with E-state index in [2.05, 4.69) is 9.39 Å². The zero-order valence-corrected chi connectivity index (χ0v) is 18.6. The summed E-state index contributed by atoms with van der Waals surface area (Å²) in [5, 5.41) is 1.49. The summed E-state index contributed by atoms with van der Waals surface area (Å²) in [6.45, 7) is 0.286. The van der Waals surface area contributed by atoms with Crippen molar-refractivity contribution in [3.63, 3.8) is 0 Å². The van der Waals surface area contributed by atoms with E-state index >= 15 is 0 Å². The SMILES string of the molecule is CN(C)S(=O)(=O)/N=C(\N)C1CN(c2ccc(Cl)cc2)C(c2ccc(Cl)cc2Cl)=N1. The van der Waals surface area contributed by atoms with Crippen LogP contribution in [0.1, 0.15) is 5.56 Å². The molecule has 7 nitrogen and oxygen atoms in total. The van der Waals surface area contributed by atoms with Gasteiger partial charge in [0.2, 0.25) is 0 Å². The zero-order valence-electron chi connectivity index (χ0n) is 15.6. The highest BCUT2D eigenvalue weighted by molar-refractivity contribution is 7.87. The third-order valence-electron chi connectivity index (χ3n) is 4.22. The van der Waals surface area contributed by atoms with Crippen LogP contribution in [-0.4, -0.2) is 51.1 Å². The van der Waals surface area contributed by atoms with Crippen LogP contribution >= 0.6 is 34.8 Å². The third-order valence-corrected chi connectivity index (χ3v) is 6.39. The van der Waals surface area contributed by atoms with Crippen molar-refractivity contribution in [3.8, 4) is 0 Å². The van der Waals surface area contributed by atoms with Crippen molar-refractivity contribution in [2.24, 2.45) is 15.1 Å². The molecule has 0 aromatic heterocycles. The summed E-state index contributed by atoms with van der Waals surface area (Å²) in [6, 6.07) is 11.5. The summed E-state index contributed by atoms with van der Waals surface area (Å²) >= 11 is 18.4. The predicted octanol–water partition coefficient (Wildman–Crippen LogP) is 3.45. The minimum absolute atomic E-state index is 0.113. The Bertz CT molecular complexity index is 1090. The van der Waals surface area contributed by atoms with Crippen LogP contribution in [0.25, 0.3) is 0 Å². The van der Waals surface area contributed by atoms with E-state index in [4.69, 9.17) is 40.5 Å². The summed E-state index contributed by atoms with van der Waals surface area (Å²) in [6.07, 6.45) is 0. The number of hydrogen-bond donors (Lipinski definition) is 1. The van der Waals surface area contributed by atoms with E-state index in [0.29, 0.717) is 26.5 Å². The van der Waals surface area contributed by atoms with Crippen molar-refractivity contribution >= 4 is 62.4 Å². The smallest absolute Gasteiger partial charge is 0.323 e. The molecule has 1 aliphatic heterocycles. The molecule has 3 rings (SSSR count). The van der Waals surface area contributed by atoms with E-state index in [-0.39, 0.29) is 12.4 Å². The molecule has 1 heterocycles. The molecule has 154 valence electrons. The van der Waals surface area contributed by atoms with Crippen molar-refractivity contribution in [3.05, 3.63) is 63.1 Å². The van der Waals surface area contributed by atoms with Gasteiger partial charge in [-0.1, -0.05) is 34.8 Å². The second-order valence-electron chi connectivity index (χ2n) is 6.46. The predicted molar refractivity (Wildman–Crippen MR) is 120 cm³/mol. The number of nitrogens with two attached hydrogens (primary N) is 1. The molecule has 11 heteroatoms. The minimum Gasteiger partial charge on any atom is -0.385 e. The van der Waals surface area contributed by atoms with Gasteiger partial charge in [0.25, 0.3) is 0 Å². The number of nitrogens with zero attached hydrogens (tertiary/aromatic N) is 4. The molecule has 0 fully saturated rings. The molecular formula is C18H18Cl3N5O2S. The summed E-state index contributed by atoms with van der Waals surface area (Å²) < 4.78 is 28.8. The molecule has 1 atom stereocenters. The zero-order chi connectivity index (χ0) is 21.3. The highest BCUT2D eigenvalue weighted by Crippen LogP contribution is 2.29.